The Morgan fingerprint density at radius 1 is 0.818 bits per heavy atom. The highest BCUT2D eigenvalue weighted by molar-refractivity contribution is 5.32. The normalized spacial score (nSPS) is 11.3. The van der Waals surface area contributed by atoms with Gasteiger partial charge in [-0.3, -0.25) is 6.54 Å². The van der Waals surface area contributed by atoms with Gasteiger partial charge in [0.25, 0.3) is 0 Å². The average molecular weight is 294 g/mol. The Morgan fingerprint density at radius 3 is 1.82 bits per heavy atom. The average Bonchev–Trinajstić information content (AvgIpc) is 2.57. The molecule has 118 valence electrons. The molecule has 0 N–H and O–H groups in total. The summed E-state index contributed by atoms with van der Waals surface area (Å²) in [5.74, 6) is 0. The fourth-order valence-electron chi connectivity index (χ4n) is 2.89. The van der Waals surface area contributed by atoms with E-state index in [1.807, 2.05) is 0 Å². The lowest BCUT2D eigenvalue weighted by Gasteiger charge is -2.41. The Labute approximate surface area is 136 Å². The highest BCUT2D eigenvalue weighted by Gasteiger charge is 2.15. The minimum Gasteiger partial charge on any atom is -0.446 e. The van der Waals surface area contributed by atoms with Crippen molar-refractivity contribution >= 4 is 0 Å². The smallest absolute Gasteiger partial charge is 0.0332 e. The number of nitrogens with zero attached hydrogens (tertiary/aromatic N) is 1. The highest BCUT2D eigenvalue weighted by atomic mass is 15.1. The van der Waals surface area contributed by atoms with Crippen LogP contribution >= 0.6 is 0 Å². The van der Waals surface area contributed by atoms with Crippen LogP contribution in [0.1, 0.15) is 56.7 Å². The van der Waals surface area contributed by atoms with Gasteiger partial charge in [-0.25, -0.2) is 0 Å². The van der Waals surface area contributed by atoms with Crippen LogP contribution in [0.2, 0.25) is 0 Å². The standard InChI is InChI=1S/C21H28N/c1-3-5-12-18-22(17-4-2)21(19-13-8-6-9-14-19)20-15-10-7-11-16-20/h6-11,13-16,18,21H,3-5,12,17H2,1-2H3/q-1. The maximum absolute atomic E-state index is 2.53. The summed E-state index contributed by atoms with van der Waals surface area (Å²) in [7, 11) is 0. The highest BCUT2D eigenvalue weighted by Crippen LogP contribution is 2.30. The number of hydrogen-bond donors (Lipinski definition) is 0. The van der Waals surface area contributed by atoms with Crippen LogP contribution in [0.25, 0.3) is 0 Å². The number of rotatable bonds is 9. The molecule has 0 bridgehead atoms. The molecule has 0 atom stereocenters. The molecule has 0 amide bonds. The van der Waals surface area contributed by atoms with Crippen molar-refractivity contribution in [1.29, 1.82) is 0 Å². The van der Waals surface area contributed by atoms with E-state index in [1.165, 1.54) is 30.4 Å². The van der Waals surface area contributed by atoms with Crippen molar-refractivity contribution in [2.75, 3.05) is 6.54 Å². The summed E-state index contributed by atoms with van der Waals surface area (Å²) in [5.41, 5.74) is 2.74. The van der Waals surface area contributed by atoms with E-state index >= 15 is 0 Å². The molecule has 2 aromatic carbocycles. The quantitative estimate of drug-likeness (QED) is 0.415. The Bertz CT molecular complexity index is 466. The number of hydrogen-bond acceptors (Lipinski definition) is 1. The molecular weight excluding hydrogens is 266 g/mol. The molecule has 0 heterocycles. The summed E-state index contributed by atoms with van der Waals surface area (Å²) in [4.78, 5) is 2.53. The molecule has 0 aliphatic rings. The van der Waals surface area contributed by atoms with Gasteiger partial charge in [0, 0.05) is 6.04 Å². The van der Waals surface area contributed by atoms with Crippen LogP contribution in [0.4, 0.5) is 0 Å². The molecule has 0 aromatic heterocycles. The Morgan fingerprint density at radius 2 is 1.36 bits per heavy atom. The van der Waals surface area contributed by atoms with Gasteiger partial charge < -0.3 is 4.90 Å². The van der Waals surface area contributed by atoms with E-state index in [2.05, 4.69) is 86.0 Å². The van der Waals surface area contributed by atoms with E-state index in [0.717, 1.165) is 13.0 Å². The second-order valence-electron chi connectivity index (χ2n) is 5.79. The summed E-state index contributed by atoms with van der Waals surface area (Å²) < 4.78 is 0. The second kappa shape index (κ2) is 9.42. The Hall–Kier alpha value is -1.60. The van der Waals surface area contributed by atoms with Crippen molar-refractivity contribution in [3.05, 3.63) is 78.3 Å². The molecule has 0 spiro atoms. The van der Waals surface area contributed by atoms with Gasteiger partial charge in [0.15, 0.2) is 0 Å². The summed E-state index contributed by atoms with van der Waals surface area (Å²) in [6.07, 6.45) is 4.83. The van der Waals surface area contributed by atoms with E-state index in [1.54, 1.807) is 0 Å². The zero-order chi connectivity index (χ0) is 15.6. The first-order valence-corrected chi connectivity index (χ1v) is 8.55. The van der Waals surface area contributed by atoms with Crippen molar-refractivity contribution in [2.45, 2.75) is 45.6 Å². The fourth-order valence-corrected chi connectivity index (χ4v) is 2.89. The molecule has 0 saturated carbocycles. The lowest BCUT2D eigenvalue weighted by atomic mass is 9.96. The molecule has 1 nitrogen and oxygen atoms in total. The van der Waals surface area contributed by atoms with Gasteiger partial charge in [-0.2, -0.15) is 6.42 Å². The fraction of sp³-hybridized carbons (Fsp3) is 0.381. The number of unbranched alkanes of at least 4 members (excludes halogenated alkanes) is 2. The minimum absolute atomic E-state index is 0.319. The lowest BCUT2D eigenvalue weighted by Crippen LogP contribution is -2.28. The topological polar surface area (TPSA) is 3.24 Å². The van der Waals surface area contributed by atoms with Crippen LogP contribution in [-0.2, 0) is 0 Å². The molecule has 0 radical (unpaired) electrons. The van der Waals surface area contributed by atoms with Gasteiger partial charge in [0.1, 0.15) is 0 Å². The molecule has 0 fully saturated rings. The molecule has 22 heavy (non-hydrogen) atoms. The summed E-state index contributed by atoms with van der Waals surface area (Å²) in [6, 6.07) is 22.0. The van der Waals surface area contributed by atoms with Gasteiger partial charge in [0.2, 0.25) is 0 Å². The van der Waals surface area contributed by atoms with Gasteiger partial charge in [-0.1, -0.05) is 87.4 Å². The van der Waals surface area contributed by atoms with Gasteiger partial charge in [0.05, 0.1) is 0 Å². The zero-order valence-corrected chi connectivity index (χ0v) is 13.9. The van der Waals surface area contributed by atoms with Crippen LogP contribution in [0.5, 0.6) is 0 Å². The van der Waals surface area contributed by atoms with Crippen molar-refractivity contribution in [1.82, 2.24) is 4.90 Å². The van der Waals surface area contributed by atoms with Crippen molar-refractivity contribution in [3.8, 4) is 0 Å². The molecule has 0 aliphatic carbocycles. The molecular formula is C21H28N-. The number of benzene rings is 2. The van der Waals surface area contributed by atoms with Crippen LogP contribution in [0.15, 0.2) is 60.7 Å². The van der Waals surface area contributed by atoms with Gasteiger partial charge in [-0.05, 0) is 24.1 Å². The predicted octanol–water partition coefficient (Wildman–Crippen LogP) is 5.84. The van der Waals surface area contributed by atoms with Crippen LogP contribution in [0.3, 0.4) is 0 Å². The van der Waals surface area contributed by atoms with E-state index in [9.17, 15) is 0 Å². The minimum atomic E-state index is 0.319. The van der Waals surface area contributed by atoms with Gasteiger partial charge >= 0.3 is 0 Å². The Balaban J connectivity index is 2.28. The first-order valence-electron chi connectivity index (χ1n) is 8.55. The second-order valence-corrected chi connectivity index (χ2v) is 5.79. The lowest BCUT2D eigenvalue weighted by molar-refractivity contribution is 0.269. The van der Waals surface area contributed by atoms with E-state index in [0.29, 0.717) is 6.04 Å². The third kappa shape index (κ3) is 4.71. The molecule has 0 saturated heterocycles. The van der Waals surface area contributed by atoms with E-state index in [4.69, 9.17) is 0 Å². The van der Waals surface area contributed by atoms with E-state index < -0.39 is 0 Å². The molecule has 2 aromatic rings. The third-order valence-corrected chi connectivity index (χ3v) is 3.97. The van der Waals surface area contributed by atoms with Crippen LogP contribution in [0, 0.1) is 6.54 Å². The molecule has 0 aliphatic heterocycles. The monoisotopic (exact) mass is 294 g/mol. The van der Waals surface area contributed by atoms with Crippen molar-refractivity contribution in [2.24, 2.45) is 0 Å². The first-order chi connectivity index (χ1) is 10.9. The van der Waals surface area contributed by atoms with Crippen LogP contribution < -0.4 is 0 Å². The first kappa shape index (κ1) is 16.8. The summed E-state index contributed by atoms with van der Waals surface area (Å²) >= 11 is 0. The van der Waals surface area contributed by atoms with Crippen LogP contribution in [-0.4, -0.2) is 11.4 Å². The maximum Gasteiger partial charge on any atom is 0.0332 e. The molecule has 2 rings (SSSR count). The molecule has 0 unspecified atom stereocenters. The predicted molar refractivity (Wildman–Crippen MR) is 95.5 cm³/mol. The molecule has 1 heteroatoms. The Kier molecular flexibility index (Phi) is 7.18. The van der Waals surface area contributed by atoms with E-state index in [-0.39, 0.29) is 0 Å². The van der Waals surface area contributed by atoms with Crippen molar-refractivity contribution < 1.29 is 0 Å². The van der Waals surface area contributed by atoms with Crippen molar-refractivity contribution in [3.63, 3.8) is 0 Å². The largest absolute Gasteiger partial charge is 0.446 e. The SMILES string of the molecule is CCCC[CH-]N(CCC)C(c1ccccc1)c1ccccc1. The summed E-state index contributed by atoms with van der Waals surface area (Å²) in [5, 5.41) is 0. The zero-order valence-electron chi connectivity index (χ0n) is 13.9. The maximum atomic E-state index is 2.53. The van der Waals surface area contributed by atoms with Gasteiger partial charge in [-0.15, -0.1) is 0 Å². The third-order valence-electron chi connectivity index (χ3n) is 3.97. The summed E-state index contributed by atoms with van der Waals surface area (Å²) in [6.45, 7) is 8.02.